The van der Waals surface area contributed by atoms with Crippen molar-refractivity contribution < 1.29 is 37.3 Å². The van der Waals surface area contributed by atoms with Gasteiger partial charge in [0.1, 0.15) is 19.3 Å². The average molecular weight is 822 g/mol. The number of hydrogen-bond donors (Lipinski definition) is 0. The van der Waals surface area contributed by atoms with Crippen LogP contribution in [-0.4, -0.2) is 70.7 Å². The van der Waals surface area contributed by atoms with Crippen molar-refractivity contribution >= 4 is 13.8 Å². The third-order valence-electron chi connectivity index (χ3n) is 9.58. The Labute approximate surface area is 351 Å². The Morgan fingerprint density at radius 3 is 1.49 bits per heavy atom. The molecule has 0 aliphatic rings. The highest BCUT2D eigenvalue weighted by molar-refractivity contribution is 7.45. The van der Waals surface area contributed by atoms with Crippen LogP contribution in [0.3, 0.4) is 0 Å². The maximum absolute atomic E-state index is 12.7. The number of likely N-dealkylation sites (N-methyl/N-ethyl adjacent to an activating group) is 1. The summed E-state index contributed by atoms with van der Waals surface area (Å²) in [6.07, 6.45) is 51.0. The summed E-state index contributed by atoms with van der Waals surface area (Å²) in [4.78, 5) is 25.1. The maximum Gasteiger partial charge on any atom is 0.306 e. The number of unbranched alkanes of at least 4 members (excludes halogenated alkanes) is 18. The Kier molecular flexibility index (Phi) is 39.7. The highest BCUT2D eigenvalue weighted by atomic mass is 31.2. The smallest absolute Gasteiger partial charge is 0.306 e. The fourth-order valence-corrected chi connectivity index (χ4v) is 6.77. The van der Waals surface area contributed by atoms with Crippen molar-refractivity contribution in [1.29, 1.82) is 0 Å². The topological polar surface area (TPSA) is 94.1 Å². The van der Waals surface area contributed by atoms with Gasteiger partial charge in [0.05, 0.1) is 34.4 Å². The molecule has 0 amide bonds. The summed E-state index contributed by atoms with van der Waals surface area (Å²) in [6.45, 7) is 5.19. The predicted octanol–water partition coefficient (Wildman–Crippen LogP) is 13.1. The monoisotopic (exact) mass is 822 g/mol. The van der Waals surface area contributed by atoms with Gasteiger partial charge in [-0.15, -0.1) is 0 Å². The molecule has 0 radical (unpaired) electrons. The molecular formula is C48H88NO7P. The van der Waals surface area contributed by atoms with Crippen molar-refractivity contribution in [2.45, 2.75) is 187 Å². The second-order valence-corrected chi connectivity index (χ2v) is 17.8. The van der Waals surface area contributed by atoms with Crippen LogP contribution in [0, 0.1) is 0 Å². The number of phosphoric acid groups is 1. The number of nitrogens with zero attached hydrogens (tertiary/aromatic N) is 1. The molecule has 0 fully saturated rings. The van der Waals surface area contributed by atoms with Gasteiger partial charge in [-0.25, -0.2) is 0 Å². The average Bonchev–Trinajstić information content (AvgIpc) is 3.16. The summed E-state index contributed by atoms with van der Waals surface area (Å²) in [5, 5.41) is 0. The molecule has 2 atom stereocenters. The molecule has 0 aliphatic heterocycles. The second kappa shape index (κ2) is 41.0. The van der Waals surface area contributed by atoms with E-state index in [1.54, 1.807) is 0 Å². The molecule has 0 saturated carbocycles. The first kappa shape index (κ1) is 55.2. The molecule has 0 bridgehead atoms. The maximum atomic E-state index is 12.7. The van der Waals surface area contributed by atoms with Gasteiger partial charge in [-0.05, 0) is 57.8 Å². The quantitative estimate of drug-likeness (QED) is 0.0199. The van der Waals surface area contributed by atoms with E-state index in [9.17, 15) is 14.3 Å². The van der Waals surface area contributed by atoms with Crippen LogP contribution in [0.15, 0.2) is 60.8 Å². The summed E-state index contributed by atoms with van der Waals surface area (Å²) < 4.78 is 34.6. The Morgan fingerprint density at radius 1 is 0.561 bits per heavy atom. The first-order valence-corrected chi connectivity index (χ1v) is 24.5. The third kappa shape index (κ3) is 45.1. The molecule has 0 N–H and O–H groups in total. The predicted molar refractivity (Wildman–Crippen MR) is 240 cm³/mol. The minimum absolute atomic E-state index is 0.0163. The van der Waals surface area contributed by atoms with Gasteiger partial charge < -0.3 is 27.9 Å². The van der Waals surface area contributed by atoms with Crippen molar-refractivity contribution in [3.05, 3.63) is 60.8 Å². The van der Waals surface area contributed by atoms with Crippen molar-refractivity contribution in [2.75, 3.05) is 54.1 Å². The molecule has 8 nitrogen and oxygen atoms in total. The van der Waals surface area contributed by atoms with E-state index in [1.165, 1.54) is 89.9 Å². The van der Waals surface area contributed by atoms with Crippen molar-refractivity contribution in [3.8, 4) is 0 Å². The van der Waals surface area contributed by atoms with Gasteiger partial charge in [0.25, 0.3) is 7.82 Å². The highest BCUT2D eigenvalue weighted by Crippen LogP contribution is 2.38. The molecule has 2 unspecified atom stereocenters. The SMILES string of the molecule is CC/C=C\C/C=C\C/C=C\C/C=C\C/C=C\CCCCOCC(COP(=O)([O-])OCC[N+](C)(C)C)OC(=O)CCCCCCCCCCCCCCCCCCC. The number of carbonyl (C=O) groups excluding carboxylic acids is 1. The first-order valence-electron chi connectivity index (χ1n) is 23.0. The van der Waals surface area contributed by atoms with Gasteiger partial charge in [0, 0.05) is 13.0 Å². The van der Waals surface area contributed by atoms with Crippen molar-refractivity contribution in [2.24, 2.45) is 0 Å². The lowest BCUT2D eigenvalue weighted by molar-refractivity contribution is -0.870. The summed E-state index contributed by atoms with van der Waals surface area (Å²) in [7, 11) is 1.32. The van der Waals surface area contributed by atoms with Crippen LogP contribution in [0.5, 0.6) is 0 Å². The van der Waals surface area contributed by atoms with E-state index < -0.39 is 13.9 Å². The van der Waals surface area contributed by atoms with Crippen molar-refractivity contribution in [3.63, 3.8) is 0 Å². The molecule has 0 aromatic heterocycles. The van der Waals surface area contributed by atoms with E-state index in [-0.39, 0.29) is 25.8 Å². The first-order chi connectivity index (χ1) is 27.6. The van der Waals surface area contributed by atoms with E-state index in [0.29, 0.717) is 24.1 Å². The standard InChI is InChI=1S/C48H88NO7P/c1-6-8-10-12-14-16-18-20-22-24-26-28-30-32-34-36-38-40-43-53-45-47(46-55-57(51,52)54-44-42-49(3,4)5)56-48(50)41-39-37-35-33-31-29-27-25-23-21-19-17-15-13-11-9-7-2/h8,10,14,16,20,22,26,28,32,34,47H,6-7,9,11-13,15,17-19,21,23-25,27,29-31,33,35-46H2,1-5H3/b10-8-,16-14-,22-20-,28-26-,34-32-. The van der Waals surface area contributed by atoms with Gasteiger partial charge >= 0.3 is 5.97 Å². The van der Waals surface area contributed by atoms with Crippen LogP contribution in [0.2, 0.25) is 0 Å². The largest absolute Gasteiger partial charge is 0.756 e. The number of hydrogen-bond acceptors (Lipinski definition) is 7. The van der Waals surface area contributed by atoms with Crippen LogP contribution < -0.4 is 4.89 Å². The van der Waals surface area contributed by atoms with Gasteiger partial charge in [-0.1, -0.05) is 177 Å². The lowest BCUT2D eigenvalue weighted by Crippen LogP contribution is -2.37. The van der Waals surface area contributed by atoms with Crippen LogP contribution in [-0.2, 0) is 27.9 Å². The fourth-order valence-electron chi connectivity index (χ4n) is 6.04. The number of allylic oxidation sites excluding steroid dienone is 10. The molecule has 0 spiro atoms. The molecule has 0 aromatic rings. The van der Waals surface area contributed by atoms with Crippen LogP contribution in [0.4, 0.5) is 0 Å². The van der Waals surface area contributed by atoms with Gasteiger partial charge in [0.15, 0.2) is 0 Å². The molecule has 57 heavy (non-hydrogen) atoms. The fraction of sp³-hybridized carbons (Fsp3) is 0.771. The molecule has 0 rings (SSSR count). The van der Waals surface area contributed by atoms with Crippen LogP contribution >= 0.6 is 7.82 Å². The lowest BCUT2D eigenvalue weighted by Gasteiger charge is -2.28. The van der Waals surface area contributed by atoms with E-state index >= 15 is 0 Å². The molecule has 0 saturated heterocycles. The van der Waals surface area contributed by atoms with E-state index in [4.69, 9.17) is 18.5 Å². The number of quaternary nitrogens is 1. The normalized spacial score (nSPS) is 14.3. The molecule has 9 heteroatoms. The van der Waals surface area contributed by atoms with E-state index in [0.717, 1.165) is 70.6 Å². The number of phosphoric ester groups is 1. The summed E-state index contributed by atoms with van der Waals surface area (Å²) in [5.74, 6) is -0.349. The van der Waals surface area contributed by atoms with Gasteiger partial charge in [0.2, 0.25) is 0 Å². The van der Waals surface area contributed by atoms with Gasteiger partial charge in [-0.2, -0.15) is 0 Å². The van der Waals surface area contributed by atoms with Crippen LogP contribution in [0.25, 0.3) is 0 Å². The zero-order valence-electron chi connectivity index (χ0n) is 37.5. The van der Waals surface area contributed by atoms with Gasteiger partial charge in [-0.3, -0.25) is 9.36 Å². The van der Waals surface area contributed by atoms with E-state index in [2.05, 4.69) is 74.6 Å². The highest BCUT2D eigenvalue weighted by Gasteiger charge is 2.20. The zero-order chi connectivity index (χ0) is 42.0. The molecule has 0 heterocycles. The summed E-state index contributed by atoms with van der Waals surface area (Å²) in [5.41, 5.74) is 0. The molecular weight excluding hydrogens is 734 g/mol. The summed E-state index contributed by atoms with van der Waals surface area (Å²) >= 11 is 0. The number of ether oxygens (including phenoxy) is 2. The Morgan fingerprint density at radius 2 is 1.02 bits per heavy atom. The number of carbonyl (C=O) groups is 1. The minimum Gasteiger partial charge on any atom is -0.756 e. The summed E-state index contributed by atoms with van der Waals surface area (Å²) in [6, 6.07) is 0. The molecule has 332 valence electrons. The Bertz CT molecular complexity index is 1090. The third-order valence-corrected chi connectivity index (χ3v) is 10.5. The molecule has 0 aromatic carbocycles. The number of esters is 1. The van der Waals surface area contributed by atoms with E-state index in [1.807, 2.05) is 21.1 Å². The zero-order valence-corrected chi connectivity index (χ0v) is 38.4. The van der Waals surface area contributed by atoms with Crippen molar-refractivity contribution in [1.82, 2.24) is 0 Å². The lowest BCUT2D eigenvalue weighted by atomic mass is 10.0. The minimum atomic E-state index is -4.54. The second-order valence-electron chi connectivity index (χ2n) is 16.4. The number of rotatable bonds is 42. The Hall–Kier alpha value is -1.80. The van der Waals surface area contributed by atoms with Crippen LogP contribution in [0.1, 0.15) is 181 Å². The Balaban J connectivity index is 4.29. The molecule has 0 aliphatic carbocycles.